The molecule has 0 fully saturated rings. The minimum atomic E-state index is -0.166. The fourth-order valence-corrected chi connectivity index (χ4v) is 3.95. The molecule has 29 heavy (non-hydrogen) atoms. The highest BCUT2D eigenvalue weighted by molar-refractivity contribution is 7.22. The lowest BCUT2D eigenvalue weighted by Crippen LogP contribution is -2.30. The lowest BCUT2D eigenvalue weighted by molar-refractivity contribution is 0.0983. The van der Waals surface area contributed by atoms with Crippen molar-refractivity contribution in [1.29, 1.82) is 0 Å². The van der Waals surface area contributed by atoms with Gasteiger partial charge >= 0.3 is 0 Å². The third kappa shape index (κ3) is 3.95. The van der Waals surface area contributed by atoms with Gasteiger partial charge in [0.15, 0.2) is 5.13 Å². The van der Waals surface area contributed by atoms with Gasteiger partial charge < -0.3 is 13.9 Å². The molecular weight excluding hydrogens is 388 g/mol. The summed E-state index contributed by atoms with van der Waals surface area (Å²) in [6, 6.07) is 16.5. The van der Waals surface area contributed by atoms with Crippen molar-refractivity contribution >= 4 is 32.6 Å². The number of aromatic nitrogens is 1. The predicted octanol–water partition coefficient (Wildman–Crippen LogP) is 5.14. The number of carbonyl (C=O) groups is 1. The summed E-state index contributed by atoms with van der Waals surface area (Å²) in [5.41, 5.74) is 1.29. The first kappa shape index (κ1) is 19.0. The summed E-state index contributed by atoms with van der Waals surface area (Å²) in [5, 5.41) is 0.587. The zero-order valence-electron chi connectivity index (χ0n) is 16.1. The quantitative estimate of drug-likeness (QED) is 0.423. The first-order valence-corrected chi connectivity index (χ1v) is 10.0. The van der Waals surface area contributed by atoms with Crippen molar-refractivity contribution in [3.63, 3.8) is 0 Å². The van der Waals surface area contributed by atoms with Crippen LogP contribution in [0.1, 0.15) is 23.0 Å². The van der Waals surface area contributed by atoms with Crippen LogP contribution in [-0.2, 0) is 6.54 Å². The van der Waals surface area contributed by atoms with Crippen LogP contribution in [0.2, 0.25) is 0 Å². The van der Waals surface area contributed by atoms with E-state index in [1.807, 2.05) is 31.2 Å². The largest absolute Gasteiger partial charge is 0.497 e. The molecule has 0 radical (unpaired) electrons. The van der Waals surface area contributed by atoms with Crippen LogP contribution >= 0.6 is 11.3 Å². The molecule has 0 unspecified atom stereocenters. The Balaban J connectivity index is 1.74. The summed E-state index contributed by atoms with van der Waals surface area (Å²) < 4.78 is 17.3. The van der Waals surface area contributed by atoms with Crippen LogP contribution in [0, 0.1) is 0 Å². The van der Waals surface area contributed by atoms with Gasteiger partial charge in [-0.1, -0.05) is 17.4 Å². The molecular formula is C22H20N2O4S. The zero-order valence-corrected chi connectivity index (χ0v) is 16.9. The second-order valence-electron chi connectivity index (χ2n) is 6.23. The number of hydrogen-bond acceptors (Lipinski definition) is 6. The molecule has 0 N–H and O–H groups in total. The van der Waals surface area contributed by atoms with Gasteiger partial charge in [-0.25, -0.2) is 4.98 Å². The van der Waals surface area contributed by atoms with Crippen LogP contribution in [0.5, 0.6) is 11.5 Å². The number of amides is 1. The molecule has 148 valence electrons. The molecule has 2 aromatic carbocycles. The molecule has 0 aliphatic heterocycles. The van der Waals surface area contributed by atoms with Gasteiger partial charge in [0.05, 0.1) is 31.2 Å². The minimum Gasteiger partial charge on any atom is -0.497 e. The Hall–Kier alpha value is -3.32. The Morgan fingerprint density at radius 3 is 2.66 bits per heavy atom. The van der Waals surface area contributed by atoms with Crippen molar-refractivity contribution in [3.05, 3.63) is 72.2 Å². The van der Waals surface area contributed by atoms with Crippen molar-refractivity contribution in [2.45, 2.75) is 13.5 Å². The Labute approximate surface area is 172 Å². The van der Waals surface area contributed by atoms with Gasteiger partial charge in [-0.15, -0.1) is 0 Å². The molecule has 0 aliphatic carbocycles. The van der Waals surface area contributed by atoms with E-state index >= 15 is 0 Å². The van der Waals surface area contributed by atoms with E-state index in [9.17, 15) is 4.79 Å². The summed E-state index contributed by atoms with van der Waals surface area (Å²) in [6.07, 6.45) is 1.59. The SMILES string of the molecule is CCOc1cccc2sc(N(Cc3ccco3)C(=O)c3ccc(OC)cc3)nc12. The molecule has 0 atom stereocenters. The number of nitrogens with zero attached hydrogens (tertiary/aromatic N) is 2. The highest BCUT2D eigenvalue weighted by Crippen LogP contribution is 2.35. The van der Waals surface area contributed by atoms with Gasteiger partial charge in [0.2, 0.25) is 0 Å². The fraction of sp³-hybridized carbons (Fsp3) is 0.182. The Kier molecular flexibility index (Phi) is 5.48. The molecule has 1 amide bonds. The number of furan rings is 1. The Morgan fingerprint density at radius 2 is 1.97 bits per heavy atom. The normalized spacial score (nSPS) is 10.8. The molecule has 4 rings (SSSR count). The smallest absolute Gasteiger partial charge is 0.260 e. The number of rotatable bonds is 7. The number of methoxy groups -OCH3 is 1. The number of hydrogen-bond donors (Lipinski definition) is 0. The average molecular weight is 408 g/mol. The lowest BCUT2D eigenvalue weighted by atomic mass is 10.2. The van der Waals surface area contributed by atoms with Gasteiger partial charge in [-0.3, -0.25) is 9.69 Å². The maximum absolute atomic E-state index is 13.3. The molecule has 0 bridgehead atoms. The van der Waals surface area contributed by atoms with Gasteiger partial charge in [-0.2, -0.15) is 0 Å². The molecule has 2 aromatic heterocycles. The van der Waals surface area contributed by atoms with E-state index in [0.29, 0.717) is 34.6 Å². The molecule has 2 heterocycles. The first-order valence-electron chi connectivity index (χ1n) is 9.20. The van der Waals surface area contributed by atoms with Gasteiger partial charge in [0.1, 0.15) is 22.8 Å². The van der Waals surface area contributed by atoms with Crippen LogP contribution in [0.4, 0.5) is 5.13 Å². The van der Waals surface area contributed by atoms with Crippen LogP contribution in [-0.4, -0.2) is 24.6 Å². The zero-order chi connectivity index (χ0) is 20.2. The number of fused-ring (bicyclic) bond motifs is 1. The van der Waals surface area contributed by atoms with E-state index in [4.69, 9.17) is 18.9 Å². The van der Waals surface area contributed by atoms with Gasteiger partial charge in [0, 0.05) is 5.56 Å². The monoisotopic (exact) mass is 408 g/mol. The maximum atomic E-state index is 13.3. The van der Waals surface area contributed by atoms with E-state index in [0.717, 1.165) is 10.2 Å². The number of benzene rings is 2. The van der Waals surface area contributed by atoms with E-state index < -0.39 is 0 Å². The topological polar surface area (TPSA) is 64.8 Å². The van der Waals surface area contributed by atoms with Gasteiger partial charge in [0.25, 0.3) is 5.91 Å². The molecule has 0 saturated carbocycles. The Morgan fingerprint density at radius 1 is 1.14 bits per heavy atom. The molecule has 0 spiro atoms. The Bertz CT molecular complexity index is 1100. The molecule has 6 nitrogen and oxygen atoms in total. The van der Waals surface area contributed by atoms with Crippen molar-refractivity contribution in [1.82, 2.24) is 4.98 Å². The molecule has 0 saturated heterocycles. The summed E-state index contributed by atoms with van der Waals surface area (Å²) in [6.45, 7) is 2.76. The summed E-state index contributed by atoms with van der Waals surface area (Å²) in [4.78, 5) is 19.7. The third-order valence-electron chi connectivity index (χ3n) is 4.38. The number of ether oxygens (including phenoxy) is 2. The van der Waals surface area contributed by atoms with Crippen molar-refractivity contribution < 1.29 is 18.7 Å². The van der Waals surface area contributed by atoms with Crippen LogP contribution in [0.25, 0.3) is 10.2 Å². The van der Waals surface area contributed by atoms with Gasteiger partial charge in [-0.05, 0) is 55.5 Å². The van der Waals surface area contributed by atoms with Crippen molar-refractivity contribution in [3.8, 4) is 11.5 Å². The minimum absolute atomic E-state index is 0.166. The summed E-state index contributed by atoms with van der Waals surface area (Å²) in [7, 11) is 1.59. The van der Waals surface area contributed by atoms with Crippen molar-refractivity contribution in [2.75, 3.05) is 18.6 Å². The number of carbonyl (C=O) groups excluding carboxylic acids is 1. The van der Waals surface area contributed by atoms with E-state index in [-0.39, 0.29) is 12.5 Å². The predicted molar refractivity (Wildman–Crippen MR) is 113 cm³/mol. The van der Waals surface area contributed by atoms with Crippen molar-refractivity contribution in [2.24, 2.45) is 0 Å². The number of para-hydroxylation sites is 1. The number of anilines is 1. The third-order valence-corrected chi connectivity index (χ3v) is 5.42. The summed E-state index contributed by atoms with van der Waals surface area (Å²) in [5.74, 6) is 1.92. The fourth-order valence-electron chi connectivity index (χ4n) is 2.97. The highest BCUT2D eigenvalue weighted by Gasteiger charge is 2.23. The van der Waals surface area contributed by atoms with E-state index in [2.05, 4.69) is 0 Å². The standard InChI is InChI=1S/C22H20N2O4S/c1-3-27-18-7-4-8-19-20(18)23-22(29-19)24(14-17-6-5-13-28-17)21(25)15-9-11-16(26-2)12-10-15/h4-13H,3,14H2,1-2H3. The second kappa shape index (κ2) is 8.36. The highest BCUT2D eigenvalue weighted by atomic mass is 32.1. The summed E-state index contributed by atoms with van der Waals surface area (Å²) >= 11 is 1.45. The van der Waals surface area contributed by atoms with E-state index in [1.165, 1.54) is 11.3 Å². The maximum Gasteiger partial charge on any atom is 0.260 e. The molecule has 4 aromatic rings. The second-order valence-corrected chi connectivity index (χ2v) is 7.24. The lowest BCUT2D eigenvalue weighted by Gasteiger charge is -2.19. The number of thiazole rings is 1. The average Bonchev–Trinajstić information content (AvgIpc) is 3.42. The van der Waals surface area contributed by atoms with Crippen LogP contribution in [0.15, 0.2) is 65.3 Å². The van der Waals surface area contributed by atoms with E-state index in [1.54, 1.807) is 48.6 Å². The molecule has 0 aliphatic rings. The molecule has 7 heteroatoms. The van der Waals surface area contributed by atoms with Crippen LogP contribution in [0.3, 0.4) is 0 Å². The first-order chi connectivity index (χ1) is 14.2. The van der Waals surface area contributed by atoms with Crippen LogP contribution < -0.4 is 14.4 Å².